The molecule has 2 heterocycles. The predicted octanol–water partition coefficient (Wildman–Crippen LogP) is 2.51. The number of hydrogen-bond donors (Lipinski definition) is 1. The van der Waals surface area contributed by atoms with Crippen molar-refractivity contribution in [2.75, 3.05) is 26.2 Å². The number of hydrogen-bond acceptors (Lipinski definition) is 4. The number of nitrogens with one attached hydrogen (secondary N) is 1. The van der Waals surface area contributed by atoms with Gasteiger partial charge in [0.1, 0.15) is 5.60 Å². The lowest BCUT2D eigenvalue weighted by Crippen LogP contribution is -2.53. The van der Waals surface area contributed by atoms with Gasteiger partial charge in [0, 0.05) is 31.1 Å². The fourth-order valence-corrected chi connectivity index (χ4v) is 2.75. The molecule has 1 N–H and O–H groups in total. The second-order valence-corrected chi connectivity index (χ2v) is 7.22. The van der Waals surface area contributed by atoms with Gasteiger partial charge in [-0.2, -0.15) is 0 Å². The third-order valence-corrected chi connectivity index (χ3v) is 4.09. The fraction of sp³-hybridized carbons (Fsp3) is 0.600. The highest BCUT2D eigenvalue weighted by Gasteiger charge is 2.27. The molecule has 0 aromatic carbocycles. The van der Waals surface area contributed by atoms with Gasteiger partial charge in [-0.05, 0) is 32.2 Å². The molecule has 1 aliphatic heterocycles. The first kappa shape index (κ1) is 16.6. The molecule has 6 nitrogen and oxygen atoms in total. The highest BCUT2D eigenvalue weighted by atomic mass is 32.1. The molecule has 0 spiro atoms. The van der Waals surface area contributed by atoms with Crippen LogP contribution in [0.2, 0.25) is 0 Å². The maximum Gasteiger partial charge on any atom is 0.410 e. The van der Waals surface area contributed by atoms with Crippen LogP contribution in [0.4, 0.5) is 9.59 Å². The highest BCUT2D eigenvalue weighted by molar-refractivity contribution is 7.09. The number of urea groups is 1. The number of ether oxygens (including phenoxy) is 1. The van der Waals surface area contributed by atoms with Crippen molar-refractivity contribution in [3.63, 3.8) is 0 Å². The summed E-state index contributed by atoms with van der Waals surface area (Å²) in [7, 11) is 0. The molecular weight excluding hydrogens is 302 g/mol. The molecule has 1 aromatic rings. The summed E-state index contributed by atoms with van der Waals surface area (Å²) in [4.78, 5) is 28.5. The fourth-order valence-electron chi connectivity index (χ4n) is 2.11. The van der Waals surface area contributed by atoms with Crippen LogP contribution >= 0.6 is 11.3 Å². The quantitative estimate of drug-likeness (QED) is 0.909. The van der Waals surface area contributed by atoms with Crippen LogP contribution in [0.25, 0.3) is 0 Å². The molecule has 122 valence electrons. The molecule has 0 radical (unpaired) electrons. The SMILES string of the molecule is CC(C)(C)OC(=O)N1CCN(C(=O)NCc2cccs2)CC1. The number of piperazine rings is 1. The van der Waals surface area contributed by atoms with Crippen LogP contribution in [-0.2, 0) is 11.3 Å². The number of carbonyl (C=O) groups excluding carboxylic acids is 2. The van der Waals surface area contributed by atoms with Gasteiger partial charge >= 0.3 is 12.1 Å². The summed E-state index contributed by atoms with van der Waals surface area (Å²) in [5.41, 5.74) is -0.494. The number of carbonyl (C=O) groups is 2. The van der Waals surface area contributed by atoms with Gasteiger partial charge in [-0.1, -0.05) is 6.07 Å². The minimum Gasteiger partial charge on any atom is -0.444 e. The van der Waals surface area contributed by atoms with Crippen molar-refractivity contribution in [2.45, 2.75) is 32.9 Å². The summed E-state index contributed by atoms with van der Waals surface area (Å²) >= 11 is 1.62. The Balaban J connectivity index is 1.74. The summed E-state index contributed by atoms with van der Waals surface area (Å²) in [5, 5.41) is 4.89. The van der Waals surface area contributed by atoms with Crippen molar-refractivity contribution in [1.29, 1.82) is 0 Å². The molecular formula is C15H23N3O3S. The van der Waals surface area contributed by atoms with Crippen molar-refractivity contribution in [3.8, 4) is 0 Å². The summed E-state index contributed by atoms with van der Waals surface area (Å²) in [6.07, 6.45) is -0.314. The van der Waals surface area contributed by atoms with E-state index in [2.05, 4.69) is 5.32 Å². The summed E-state index contributed by atoms with van der Waals surface area (Å²) in [6.45, 7) is 8.13. The third-order valence-electron chi connectivity index (χ3n) is 3.21. The molecule has 0 atom stereocenters. The molecule has 7 heteroatoms. The Morgan fingerprint density at radius 3 is 2.41 bits per heavy atom. The van der Waals surface area contributed by atoms with E-state index in [1.54, 1.807) is 21.1 Å². The normalized spacial score (nSPS) is 15.6. The summed E-state index contributed by atoms with van der Waals surface area (Å²) in [5.74, 6) is 0. The van der Waals surface area contributed by atoms with Gasteiger partial charge < -0.3 is 19.9 Å². The monoisotopic (exact) mass is 325 g/mol. The molecule has 1 aromatic heterocycles. The van der Waals surface area contributed by atoms with Gasteiger partial charge in [-0.3, -0.25) is 0 Å². The summed E-state index contributed by atoms with van der Waals surface area (Å²) < 4.78 is 5.34. The lowest BCUT2D eigenvalue weighted by atomic mass is 10.2. The highest BCUT2D eigenvalue weighted by Crippen LogP contribution is 2.12. The van der Waals surface area contributed by atoms with Gasteiger partial charge in [0.2, 0.25) is 0 Å². The molecule has 0 aliphatic carbocycles. The van der Waals surface area contributed by atoms with Crippen molar-refractivity contribution in [2.24, 2.45) is 0 Å². The van der Waals surface area contributed by atoms with E-state index in [9.17, 15) is 9.59 Å². The Labute approximate surface area is 135 Å². The largest absolute Gasteiger partial charge is 0.444 e. The molecule has 1 fully saturated rings. The van der Waals surface area contributed by atoms with Gasteiger partial charge in [-0.15, -0.1) is 11.3 Å². The van der Waals surface area contributed by atoms with E-state index in [4.69, 9.17) is 4.74 Å². The molecule has 0 bridgehead atoms. The Kier molecular flexibility index (Phi) is 5.28. The van der Waals surface area contributed by atoms with Gasteiger partial charge in [0.25, 0.3) is 0 Å². The Bertz CT molecular complexity index is 503. The first-order valence-electron chi connectivity index (χ1n) is 7.38. The Morgan fingerprint density at radius 2 is 1.86 bits per heavy atom. The van der Waals surface area contributed by atoms with Crippen LogP contribution in [0.3, 0.4) is 0 Å². The zero-order valence-electron chi connectivity index (χ0n) is 13.3. The van der Waals surface area contributed by atoms with Crippen LogP contribution in [0, 0.1) is 0 Å². The summed E-state index contributed by atoms with van der Waals surface area (Å²) in [6, 6.07) is 3.87. The minimum absolute atomic E-state index is 0.0859. The zero-order chi connectivity index (χ0) is 16.2. The van der Waals surface area contributed by atoms with Gasteiger partial charge in [-0.25, -0.2) is 9.59 Å². The van der Waals surface area contributed by atoms with Crippen LogP contribution in [-0.4, -0.2) is 53.7 Å². The lowest BCUT2D eigenvalue weighted by molar-refractivity contribution is 0.0170. The number of amides is 3. The lowest BCUT2D eigenvalue weighted by Gasteiger charge is -2.35. The number of thiophene rings is 1. The molecule has 0 unspecified atom stereocenters. The van der Waals surface area contributed by atoms with Crippen molar-refractivity contribution < 1.29 is 14.3 Å². The van der Waals surface area contributed by atoms with Crippen molar-refractivity contribution in [3.05, 3.63) is 22.4 Å². The van der Waals surface area contributed by atoms with Crippen molar-refractivity contribution >= 4 is 23.5 Å². The average Bonchev–Trinajstić information content (AvgIpc) is 2.96. The van der Waals surface area contributed by atoms with Crippen molar-refractivity contribution in [1.82, 2.24) is 15.1 Å². The molecule has 0 saturated carbocycles. The minimum atomic E-state index is -0.494. The first-order chi connectivity index (χ1) is 10.3. The topological polar surface area (TPSA) is 61.9 Å². The van der Waals surface area contributed by atoms with E-state index < -0.39 is 5.60 Å². The predicted molar refractivity (Wildman–Crippen MR) is 85.9 cm³/mol. The van der Waals surface area contributed by atoms with Crippen LogP contribution in [0.15, 0.2) is 17.5 Å². The Hall–Kier alpha value is -1.76. The average molecular weight is 325 g/mol. The number of rotatable bonds is 2. The molecule has 3 amide bonds. The maximum absolute atomic E-state index is 12.1. The van der Waals surface area contributed by atoms with E-state index in [1.807, 2.05) is 38.3 Å². The van der Waals surface area contributed by atoms with E-state index in [0.717, 1.165) is 4.88 Å². The second kappa shape index (κ2) is 7.00. The molecule has 22 heavy (non-hydrogen) atoms. The van der Waals surface area contributed by atoms with E-state index in [0.29, 0.717) is 32.7 Å². The zero-order valence-corrected chi connectivity index (χ0v) is 14.1. The van der Waals surface area contributed by atoms with Crippen LogP contribution in [0.1, 0.15) is 25.6 Å². The van der Waals surface area contributed by atoms with E-state index >= 15 is 0 Å². The molecule has 2 rings (SSSR count). The number of nitrogens with zero attached hydrogens (tertiary/aromatic N) is 2. The third kappa shape index (κ3) is 4.91. The smallest absolute Gasteiger partial charge is 0.410 e. The second-order valence-electron chi connectivity index (χ2n) is 6.19. The first-order valence-corrected chi connectivity index (χ1v) is 8.26. The van der Waals surface area contributed by atoms with Crippen LogP contribution in [0.5, 0.6) is 0 Å². The Morgan fingerprint density at radius 1 is 1.23 bits per heavy atom. The van der Waals surface area contributed by atoms with Gasteiger partial charge in [0.05, 0.1) is 6.54 Å². The standard InChI is InChI=1S/C15H23N3O3S/c1-15(2,3)21-14(20)18-8-6-17(7-9-18)13(19)16-11-12-5-4-10-22-12/h4-5,10H,6-9,11H2,1-3H3,(H,16,19). The molecule has 1 saturated heterocycles. The molecule has 1 aliphatic rings. The maximum atomic E-state index is 12.1. The van der Waals surface area contributed by atoms with E-state index in [1.165, 1.54) is 0 Å². The van der Waals surface area contributed by atoms with E-state index in [-0.39, 0.29) is 12.1 Å². The van der Waals surface area contributed by atoms with Crippen LogP contribution < -0.4 is 5.32 Å². The van der Waals surface area contributed by atoms with Gasteiger partial charge in [0.15, 0.2) is 0 Å².